The van der Waals surface area contributed by atoms with Gasteiger partial charge < -0.3 is 4.90 Å². The number of nitrogens with zero attached hydrogens (tertiary/aromatic N) is 1. The summed E-state index contributed by atoms with van der Waals surface area (Å²) in [6, 6.07) is 0. The van der Waals surface area contributed by atoms with Crippen molar-refractivity contribution in [1.29, 1.82) is 0 Å². The number of rotatable bonds is 0. The molecule has 1 nitrogen and oxygen atoms in total. The molecule has 1 heteroatoms. The minimum absolute atomic E-state index is 0. The predicted molar refractivity (Wildman–Crippen MR) is 58.8 cm³/mol. The quantitative estimate of drug-likeness (QED) is 0.558. The van der Waals surface area contributed by atoms with Crippen LogP contribution in [0, 0.1) is 17.3 Å². The van der Waals surface area contributed by atoms with Gasteiger partial charge in [0.2, 0.25) is 0 Å². The fourth-order valence-corrected chi connectivity index (χ4v) is 2.95. The van der Waals surface area contributed by atoms with Gasteiger partial charge in [0.15, 0.2) is 0 Å². The van der Waals surface area contributed by atoms with E-state index in [4.69, 9.17) is 0 Å². The van der Waals surface area contributed by atoms with Crippen LogP contribution < -0.4 is 0 Å². The van der Waals surface area contributed by atoms with Crippen molar-refractivity contribution >= 4 is 0 Å². The Hall–Kier alpha value is -0.0400. The van der Waals surface area contributed by atoms with Crippen molar-refractivity contribution in [2.45, 2.75) is 41.0 Å². The summed E-state index contributed by atoms with van der Waals surface area (Å²) in [5.41, 5.74) is 0.532. The molecule has 3 rings (SSSR count). The summed E-state index contributed by atoms with van der Waals surface area (Å²) in [6.45, 7) is 11.3. The van der Waals surface area contributed by atoms with Crippen LogP contribution in [0.5, 0.6) is 0 Å². The Bertz CT molecular complexity index is 160. The smallest absolute Gasteiger partial charge is 0.00173 e. The summed E-state index contributed by atoms with van der Waals surface area (Å²) >= 11 is 0. The van der Waals surface area contributed by atoms with Crippen LogP contribution in [0.1, 0.15) is 41.0 Å². The van der Waals surface area contributed by atoms with E-state index in [0.29, 0.717) is 5.41 Å². The molecule has 0 aromatic carbocycles. The molecule has 0 radical (unpaired) electrons. The Labute approximate surface area is 83.5 Å². The molecule has 78 valence electrons. The number of piperidine rings is 3. The molecular weight excluding hydrogens is 158 g/mol. The van der Waals surface area contributed by atoms with E-state index < -0.39 is 0 Å². The van der Waals surface area contributed by atoms with Crippen LogP contribution in [0.4, 0.5) is 0 Å². The molecule has 3 aliphatic rings. The highest BCUT2D eigenvalue weighted by Gasteiger charge is 2.39. The van der Waals surface area contributed by atoms with E-state index in [2.05, 4.69) is 25.7 Å². The predicted octanol–water partition coefficient (Wildman–Crippen LogP) is 3.01. The summed E-state index contributed by atoms with van der Waals surface area (Å²) in [5.74, 6) is 2.00. The average molecular weight is 183 g/mol. The summed E-state index contributed by atoms with van der Waals surface area (Å²) in [4.78, 5) is 2.65. The minimum atomic E-state index is 0. The molecule has 3 aliphatic heterocycles. The Morgan fingerprint density at radius 1 is 1.08 bits per heavy atom. The molecule has 0 spiro atoms. The van der Waals surface area contributed by atoms with Gasteiger partial charge in [-0.3, -0.25) is 0 Å². The molecule has 13 heavy (non-hydrogen) atoms. The van der Waals surface area contributed by atoms with Gasteiger partial charge in [-0.1, -0.05) is 28.2 Å². The van der Waals surface area contributed by atoms with Crippen LogP contribution in [0.3, 0.4) is 0 Å². The van der Waals surface area contributed by atoms with Crippen LogP contribution in [-0.2, 0) is 0 Å². The van der Waals surface area contributed by atoms with Gasteiger partial charge in [0.05, 0.1) is 0 Å². The second-order valence-corrected chi connectivity index (χ2v) is 5.61. The molecule has 0 aliphatic carbocycles. The summed E-state index contributed by atoms with van der Waals surface area (Å²) in [5, 5.41) is 0. The van der Waals surface area contributed by atoms with Gasteiger partial charge in [-0.25, -0.2) is 0 Å². The molecule has 0 N–H and O–H groups in total. The van der Waals surface area contributed by atoms with E-state index in [1.54, 1.807) is 0 Å². The van der Waals surface area contributed by atoms with Crippen LogP contribution in [0.2, 0.25) is 0 Å². The highest BCUT2D eigenvalue weighted by molar-refractivity contribution is 4.91. The zero-order valence-corrected chi connectivity index (χ0v) is 8.64. The molecule has 0 saturated carbocycles. The standard InChI is InChI=1S/C11H21N.CH4/c1-11(2,3)10-8-12-6-4-9(10)5-7-12;/h9-10H,4-8H2,1-3H3;1H4. The molecule has 0 aromatic rings. The van der Waals surface area contributed by atoms with Crippen molar-refractivity contribution in [3.8, 4) is 0 Å². The minimum Gasteiger partial charge on any atom is -0.303 e. The lowest BCUT2D eigenvalue weighted by Gasteiger charge is -2.50. The topological polar surface area (TPSA) is 3.24 Å². The van der Waals surface area contributed by atoms with Crippen LogP contribution in [0.25, 0.3) is 0 Å². The fraction of sp³-hybridized carbons (Fsp3) is 1.00. The van der Waals surface area contributed by atoms with E-state index in [9.17, 15) is 0 Å². The van der Waals surface area contributed by atoms with E-state index in [-0.39, 0.29) is 7.43 Å². The highest BCUT2D eigenvalue weighted by Crippen LogP contribution is 2.42. The van der Waals surface area contributed by atoms with Crippen molar-refractivity contribution in [1.82, 2.24) is 4.90 Å². The number of fused-ring (bicyclic) bond motifs is 3. The first-order chi connectivity index (χ1) is 5.57. The van der Waals surface area contributed by atoms with Crippen LogP contribution >= 0.6 is 0 Å². The summed E-state index contributed by atoms with van der Waals surface area (Å²) < 4.78 is 0. The molecular formula is C12H25N. The highest BCUT2D eigenvalue weighted by atomic mass is 15.1. The molecule has 1 atom stereocenters. The Morgan fingerprint density at radius 2 is 1.62 bits per heavy atom. The molecule has 0 amide bonds. The average Bonchev–Trinajstić information content (AvgIpc) is 2.05. The second kappa shape index (κ2) is 3.61. The maximum atomic E-state index is 2.65. The number of hydrogen-bond acceptors (Lipinski definition) is 1. The van der Waals surface area contributed by atoms with Crippen molar-refractivity contribution in [3.05, 3.63) is 0 Å². The van der Waals surface area contributed by atoms with Crippen LogP contribution in [0.15, 0.2) is 0 Å². The molecule has 3 heterocycles. The summed E-state index contributed by atoms with van der Waals surface area (Å²) in [7, 11) is 0. The number of hydrogen-bond donors (Lipinski definition) is 0. The van der Waals surface area contributed by atoms with Gasteiger partial charge in [0.1, 0.15) is 0 Å². The lowest BCUT2D eigenvalue weighted by atomic mass is 9.67. The van der Waals surface area contributed by atoms with Gasteiger partial charge in [-0.15, -0.1) is 0 Å². The van der Waals surface area contributed by atoms with Gasteiger partial charge in [-0.2, -0.15) is 0 Å². The fourth-order valence-electron chi connectivity index (χ4n) is 2.95. The first kappa shape index (κ1) is 11.0. The van der Waals surface area contributed by atoms with E-state index in [0.717, 1.165) is 11.8 Å². The zero-order chi connectivity index (χ0) is 8.77. The SMILES string of the molecule is C.CC(C)(C)C1CN2CCC1CC2. The normalized spacial score (nSPS) is 38.5. The van der Waals surface area contributed by atoms with Crippen molar-refractivity contribution in [2.75, 3.05) is 19.6 Å². The lowest BCUT2D eigenvalue weighted by Crippen LogP contribution is -2.51. The maximum Gasteiger partial charge on any atom is 0.00173 e. The molecule has 0 aromatic heterocycles. The van der Waals surface area contributed by atoms with Crippen molar-refractivity contribution in [2.24, 2.45) is 17.3 Å². The Balaban J connectivity index is 0.000000845. The molecule has 1 unspecified atom stereocenters. The van der Waals surface area contributed by atoms with Crippen molar-refractivity contribution < 1.29 is 0 Å². The monoisotopic (exact) mass is 183 g/mol. The van der Waals surface area contributed by atoms with Gasteiger partial charge in [0, 0.05) is 6.54 Å². The zero-order valence-electron chi connectivity index (χ0n) is 8.64. The van der Waals surface area contributed by atoms with E-state index in [1.165, 1.54) is 32.5 Å². The van der Waals surface area contributed by atoms with Gasteiger partial charge in [0.25, 0.3) is 0 Å². The first-order valence-corrected chi connectivity index (χ1v) is 5.30. The third-order valence-corrected chi connectivity index (χ3v) is 3.77. The molecule has 3 fully saturated rings. The molecule has 2 bridgehead atoms. The van der Waals surface area contributed by atoms with Gasteiger partial charge >= 0.3 is 0 Å². The lowest BCUT2D eigenvalue weighted by molar-refractivity contribution is -0.00555. The Kier molecular flexibility index (Phi) is 3.06. The first-order valence-electron chi connectivity index (χ1n) is 5.30. The van der Waals surface area contributed by atoms with E-state index >= 15 is 0 Å². The second-order valence-electron chi connectivity index (χ2n) is 5.61. The third-order valence-electron chi connectivity index (χ3n) is 3.77. The van der Waals surface area contributed by atoms with E-state index in [1.807, 2.05) is 0 Å². The molecule has 3 saturated heterocycles. The summed E-state index contributed by atoms with van der Waals surface area (Å²) in [6.07, 6.45) is 2.92. The van der Waals surface area contributed by atoms with Crippen molar-refractivity contribution in [3.63, 3.8) is 0 Å². The maximum absolute atomic E-state index is 2.65. The van der Waals surface area contributed by atoms with Crippen LogP contribution in [-0.4, -0.2) is 24.5 Å². The Morgan fingerprint density at radius 3 is 1.85 bits per heavy atom. The largest absolute Gasteiger partial charge is 0.303 e. The van der Waals surface area contributed by atoms with Gasteiger partial charge in [-0.05, 0) is 43.2 Å². The third kappa shape index (κ3) is 2.07.